The van der Waals surface area contributed by atoms with Crippen LogP contribution in [0.15, 0.2) is 36.4 Å². The summed E-state index contributed by atoms with van der Waals surface area (Å²) in [6.45, 7) is 5.51. The van der Waals surface area contributed by atoms with Gasteiger partial charge in [-0.3, -0.25) is 4.79 Å². The average Bonchev–Trinajstić information content (AvgIpc) is 2.67. The predicted molar refractivity (Wildman–Crippen MR) is 113 cm³/mol. The summed E-state index contributed by atoms with van der Waals surface area (Å²) >= 11 is 6.26. The molecule has 1 aliphatic heterocycles. The summed E-state index contributed by atoms with van der Waals surface area (Å²) in [7, 11) is 1.71. The molecule has 0 aliphatic carbocycles. The number of carbonyl (C=O) groups excluding carboxylic acids is 1. The van der Waals surface area contributed by atoms with Crippen molar-refractivity contribution in [3.05, 3.63) is 58.1 Å². The van der Waals surface area contributed by atoms with Crippen LogP contribution in [0.1, 0.15) is 47.8 Å². The first-order valence-electron chi connectivity index (χ1n) is 9.60. The van der Waals surface area contributed by atoms with Gasteiger partial charge in [0.2, 0.25) is 0 Å². The zero-order valence-corrected chi connectivity index (χ0v) is 17.3. The molecule has 6 heteroatoms. The smallest absolute Gasteiger partial charge is 0.255 e. The van der Waals surface area contributed by atoms with E-state index in [-0.39, 0.29) is 18.1 Å². The summed E-state index contributed by atoms with van der Waals surface area (Å²) < 4.78 is 10.8. The van der Waals surface area contributed by atoms with Gasteiger partial charge in [0.1, 0.15) is 5.75 Å². The second-order valence-electron chi connectivity index (χ2n) is 7.22. The molecule has 1 amide bonds. The molecule has 0 saturated carbocycles. The Balaban J connectivity index is 1.75. The third-order valence-electron chi connectivity index (χ3n) is 4.73. The van der Waals surface area contributed by atoms with Crippen molar-refractivity contribution in [1.29, 1.82) is 0 Å². The molecule has 28 heavy (non-hydrogen) atoms. The van der Waals surface area contributed by atoms with Crippen molar-refractivity contribution in [2.45, 2.75) is 38.8 Å². The molecule has 1 aliphatic rings. The fourth-order valence-electron chi connectivity index (χ4n) is 3.40. The zero-order valence-electron chi connectivity index (χ0n) is 16.5. The van der Waals surface area contributed by atoms with E-state index in [1.165, 1.54) is 11.1 Å². The summed E-state index contributed by atoms with van der Waals surface area (Å²) in [6.07, 6.45) is 1.90. The number of halogens is 1. The lowest BCUT2D eigenvalue weighted by atomic mass is 9.92. The summed E-state index contributed by atoms with van der Waals surface area (Å²) in [6, 6.07) is 11.4. The molecule has 3 rings (SSSR count). The van der Waals surface area contributed by atoms with Gasteiger partial charge in [0.15, 0.2) is 0 Å². The van der Waals surface area contributed by atoms with E-state index in [4.69, 9.17) is 21.1 Å². The van der Waals surface area contributed by atoms with Gasteiger partial charge in [-0.1, -0.05) is 17.7 Å². The highest BCUT2D eigenvalue weighted by Crippen LogP contribution is 2.29. The molecular weight excluding hydrogens is 376 g/mol. The van der Waals surface area contributed by atoms with Crippen LogP contribution in [0.3, 0.4) is 0 Å². The van der Waals surface area contributed by atoms with Gasteiger partial charge in [0.05, 0.1) is 11.1 Å². The Morgan fingerprint density at radius 3 is 2.82 bits per heavy atom. The van der Waals surface area contributed by atoms with Crippen molar-refractivity contribution in [1.82, 2.24) is 5.32 Å². The topological polar surface area (TPSA) is 59.6 Å². The van der Waals surface area contributed by atoms with Crippen LogP contribution in [0.25, 0.3) is 0 Å². The van der Waals surface area contributed by atoms with Crippen LogP contribution in [0.5, 0.6) is 5.75 Å². The molecule has 0 saturated heterocycles. The van der Waals surface area contributed by atoms with Crippen LogP contribution in [-0.4, -0.2) is 32.3 Å². The molecule has 2 N–H and O–H groups in total. The van der Waals surface area contributed by atoms with Gasteiger partial charge >= 0.3 is 0 Å². The van der Waals surface area contributed by atoms with E-state index < -0.39 is 0 Å². The molecule has 1 heterocycles. The molecule has 2 aromatic rings. The van der Waals surface area contributed by atoms with Crippen molar-refractivity contribution in [3.63, 3.8) is 0 Å². The summed E-state index contributed by atoms with van der Waals surface area (Å²) in [4.78, 5) is 12.7. The van der Waals surface area contributed by atoms with E-state index >= 15 is 0 Å². The first-order valence-corrected chi connectivity index (χ1v) is 9.98. The van der Waals surface area contributed by atoms with Gasteiger partial charge in [-0.05, 0) is 74.7 Å². The summed E-state index contributed by atoms with van der Waals surface area (Å²) in [5.41, 5.74) is 3.80. The molecule has 0 aromatic heterocycles. The summed E-state index contributed by atoms with van der Waals surface area (Å²) in [5, 5.41) is 6.93. The number of hydrogen-bond acceptors (Lipinski definition) is 4. The minimum absolute atomic E-state index is 0.0207. The minimum atomic E-state index is -0.199. The normalized spacial score (nSPS) is 16.0. The number of carbonyl (C=O) groups is 1. The highest BCUT2D eigenvalue weighted by Gasteiger charge is 2.20. The second kappa shape index (κ2) is 9.41. The van der Waals surface area contributed by atoms with E-state index in [2.05, 4.69) is 22.8 Å². The number of amides is 1. The third-order valence-corrected chi connectivity index (χ3v) is 5.03. The fraction of sp³-hybridized carbons (Fsp3) is 0.409. The third kappa shape index (κ3) is 5.04. The number of anilines is 1. The highest BCUT2D eigenvalue weighted by molar-refractivity contribution is 6.32. The standard InChI is InChI=1S/C22H27ClN2O3/c1-14(2)28-21-7-5-16(12-19(21)23)22(26)25-17-6-4-15-8-10-24-20(9-11-27-3)18(15)13-17/h4-7,12-14,20,24H,8-11H2,1-3H3,(H,25,26). The monoisotopic (exact) mass is 402 g/mol. The van der Waals surface area contributed by atoms with Gasteiger partial charge in [-0.15, -0.1) is 0 Å². The van der Waals surface area contributed by atoms with Crippen molar-refractivity contribution < 1.29 is 14.3 Å². The number of hydrogen-bond donors (Lipinski definition) is 2. The van der Waals surface area contributed by atoms with E-state index in [0.29, 0.717) is 22.9 Å². The quantitative estimate of drug-likeness (QED) is 0.710. The van der Waals surface area contributed by atoms with E-state index in [1.807, 2.05) is 19.9 Å². The van der Waals surface area contributed by atoms with Crippen LogP contribution in [0.4, 0.5) is 5.69 Å². The molecule has 1 atom stereocenters. The maximum atomic E-state index is 12.7. The Hall–Kier alpha value is -2.08. The van der Waals surface area contributed by atoms with Gasteiger partial charge in [-0.25, -0.2) is 0 Å². The van der Waals surface area contributed by atoms with Gasteiger partial charge in [0.25, 0.3) is 5.91 Å². The SMILES string of the molecule is COCCC1NCCc2ccc(NC(=O)c3ccc(OC(C)C)c(Cl)c3)cc21. The molecule has 0 bridgehead atoms. The molecule has 0 radical (unpaired) electrons. The second-order valence-corrected chi connectivity index (χ2v) is 7.62. The van der Waals surface area contributed by atoms with Crippen molar-refractivity contribution >= 4 is 23.2 Å². The first-order chi connectivity index (χ1) is 13.5. The number of benzene rings is 2. The zero-order chi connectivity index (χ0) is 20.1. The van der Waals surface area contributed by atoms with Crippen molar-refractivity contribution in [2.24, 2.45) is 0 Å². The molecular formula is C22H27ClN2O3. The largest absolute Gasteiger partial charge is 0.489 e. The predicted octanol–water partition coefficient (Wildman–Crippen LogP) is 4.60. The van der Waals surface area contributed by atoms with Crippen molar-refractivity contribution in [3.8, 4) is 5.75 Å². The lowest BCUT2D eigenvalue weighted by molar-refractivity contribution is 0.102. The van der Waals surface area contributed by atoms with Gasteiger partial charge < -0.3 is 20.1 Å². The van der Waals surface area contributed by atoms with Crippen LogP contribution >= 0.6 is 11.6 Å². The van der Waals surface area contributed by atoms with Gasteiger partial charge in [0, 0.05) is 31.0 Å². The number of ether oxygens (including phenoxy) is 2. The maximum Gasteiger partial charge on any atom is 0.255 e. The Morgan fingerprint density at radius 2 is 2.11 bits per heavy atom. The maximum absolute atomic E-state index is 12.7. The van der Waals surface area contributed by atoms with E-state index in [0.717, 1.165) is 25.1 Å². The van der Waals surface area contributed by atoms with Crippen LogP contribution < -0.4 is 15.4 Å². The first kappa shape index (κ1) is 20.6. The average molecular weight is 403 g/mol. The Kier molecular flexibility index (Phi) is 6.94. The van der Waals surface area contributed by atoms with Crippen molar-refractivity contribution in [2.75, 3.05) is 25.6 Å². The van der Waals surface area contributed by atoms with Crippen LogP contribution in [0.2, 0.25) is 5.02 Å². The summed E-state index contributed by atoms with van der Waals surface area (Å²) in [5.74, 6) is 0.379. The molecule has 1 unspecified atom stereocenters. The van der Waals surface area contributed by atoms with Crippen LogP contribution in [-0.2, 0) is 11.2 Å². The lowest BCUT2D eigenvalue weighted by Crippen LogP contribution is -2.30. The molecule has 2 aromatic carbocycles. The Morgan fingerprint density at radius 1 is 1.29 bits per heavy atom. The van der Waals surface area contributed by atoms with E-state index in [1.54, 1.807) is 25.3 Å². The minimum Gasteiger partial charge on any atom is -0.489 e. The van der Waals surface area contributed by atoms with E-state index in [9.17, 15) is 4.79 Å². The Bertz CT molecular complexity index is 839. The number of methoxy groups -OCH3 is 1. The molecule has 0 fully saturated rings. The molecule has 0 spiro atoms. The Labute approximate surface area is 171 Å². The lowest BCUT2D eigenvalue weighted by Gasteiger charge is -2.27. The van der Waals surface area contributed by atoms with Crippen LogP contribution in [0, 0.1) is 0 Å². The fourth-order valence-corrected chi connectivity index (χ4v) is 3.63. The number of fused-ring (bicyclic) bond motifs is 1. The number of rotatable bonds is 7. The molecule has 150 valence electrons. The molecule has 5 nitrogen and oxygen atoms in total. The van der Waals surface area contributed by atoms with Gasteiger partial charge in [-0.2, -0.15) is 0 Å². The number of nitrogens with one attached hydrogen (secondary N) is 2. The highest BCUT2D eigenvalue weighted by atomic mass is 35.5.